The van der Waals surface area contributed by atoms with E-state index in [2.05, 4.69) is 26.6 Å². The number of carboxylic acid groups (broad SMARTS) is 1. The van der Waals surface area contributed by atoms with Gasteiger partial charge in [0, 0.05) is 49.4 Å². The third-order valence-electron chi connectivity index (χ3n) is 12.5. The van der Waals surface area contributed by atoms with E-state index >= 15 is 0 Å². The minimum Gasteiger partial charge on any atom is -0.480 e. The van der Waals surface area contributed by atoms with Gasteiger partial charge in [0.15, 0.2) is 5.78 Å². The van der Waals surface area contributed by atoms with Gasteiger partial charge in [-0.2, -0.15) is 0 Å². The molecule has 6 aromatic carbocycles. The highest BCUT2D eigenvalue weighted by Crippen LogP contribution is 2.22. The molecule has 0 saturated heterocycles. The fourth-order valence-corrected chi connectivity index (χ4v) is 8.52. The first-order valence-electron chi connectivity index (χ1n) is 23.8. The number of ketones is 1. The highest BCUT2D eigenvalue weighted by molar-refractivity contribution is 5.97. The molecule has 0 unspecified atom stereocenters. The Hall–Kier alpha value is -8.39. The fraction of sp³-hybridized carbons (Fsp3) is 0.246. The van der Waals surface area contributed by atoms with Gasteiger partial charge < -0.3 is 37.4 Å². The van der Waals surface area contributed by atoms with E-state index in [9.17, 15) is 38.7 Å². The third-order valence-corrected chi connectivity index (χ3v) is 12.5. The molecule has 0 aliphatic carbocycles. The lowest BCUT2D eigenvalue weighted by atomic mass is 9.89. The molecular weight excluding hydrogens is 897 g/mol. The Bertz CT molecular complexity index is 2770. The summed E-state index contributed by atoms with van der Waals surface area (Å²) in [7, 11) is 0. The normalized spacial score (nSPS) is 18.7. The lowest BCUT2D eigenvalue weighted by molar-refractivity contribution is -0.142. The predicted molar refractivity (Wildman–Crippen MR) is 272 cm³/mol. The Kier molecular flexibility index (Phi) is 17.6. The van der Waals surface area contributed by atoms with Gasteiger partial charge in [-0.05, 0) is 88.9 Å². The summed E-state index contributed by atoms with van der Waals surface area (Å²) >= 11 is 0. The highest BCUT2D eigenvalue weighted by atomic mass is 16.4. The number of carbonyl (C=O) groups excluding carboxylic acids is 6. The standard InChI is InChI=1S/C57H58N6O8/c58-45-25-18-41(19-26-45)35-50(57(70)71)63-54(67)44-32-39-20-27-46(28-21-39)59-52(65)30-31-53(66)60-47(29-22-37-10-4-1-5-11-37)55(68)62-49(34-40-16-23-43(24-17-40)42-14-8-3-9-15-42)56(69)61-48(51(64)36-44)33-38-12-6-2-7-13-38/h1-21,23-28,44,47-50H,22,29-36,58H2,(H,59,65)(H,60,66)(H,61,69)(H,62,68)(H,63,67)(H,70,71)/t44-,47-,48-,49+,50+/m1/s1. The lowest BCUT2D eigenvalue weighted by Crippen LogP contribution is -2.57. The largest absolute Gasteiger partial charge is 0.480 e. The van der Waals surface area contributed by atoms with Crippen LogP contribution < -0.4 is 32.3 Å². The van der Waals surface area contributed by atoms with Gasteiger partial charge in [-0.25, -0.2) is 4.79 Å². The van der Waals surface area contributed by atoms with Crippen LogP contribution in [0.15, 0.2) is 164 Å². The Labute approximate surface area is 412 Å². The number of fused-ring (bicyclic) bond motifs is 18. The number of nitrogens with one attached hydrogen (secondary N) is 5. The van der Waals surface area contributed by atoms with Crippen molar-refractivity contribution in [2.75, 3.05) is 11.1 Å². The van der Waals surface area contributed by atoms with Crippen molar-refractivity contribution in [1.29, 1.82) is 0 Å². The first-order valence-corrected chi connectivity index (χ1v) is 23.8. The van der Waals surface area contributed by atoms with E-state index in [1.54, 1.807) is 60.7 Å². The van der Waals surface area contributed by atoms with E-state index in [1.165, 1.54) is 0 Å². The van der Waals surface area contributed by atoms with Crippen molar-refractivity contribution in [2.24, 2.45) is 5.92 Å². The fourth-order valence-electron chi connectivity index (χ4n) is 8.52. The molecule has 0 radical (unpaired) electrons. The third kappa shape index (κ3) is 15.3. The molecular formula is C57H58N6O8. The summed E-state index contributed by atoms with van der Waals surface area (Å²) in [4.78, 5) is 97.7. The summed E-state index contributed by atoms with van der Waals surface area (Å²) < 4.78 is 0. The molecule has 5 atom stereocenters. The van der Waals surface area contributed by atoms with Crippen LogP contribution in [0.1, 0.15) is 53.5 Å². The predicted octanol–water partition coefficient (Wildman–Crippen LogP) is 6.17. The smallest absolute Gasteiger partial charge is 0.326 e. The zero-order chi connectivity index (χ0) is 50.1. The molecule has 6 aromatic rings. The number of amides is 5. The van der Waals surface area contributed by atoms with E-state index in [1.807, 2.05) is 103 Å². The van der Waals surface area contributed by atoms with Gasteiger partial charge in [0.05, 0.1) is 6.04 Å². The van der Waals surface area contributed by atoms with E-state index < -0.39 is 77.8 Å². The van der Waals surface area contributed by atoms with E-state index in [4.69, 9.17) is 5.73 Å². The molecule has 5 amide bonds. The van der Waals surface area contributed by atoms with Crippen LogP contribution in [0.25, 0.3) is 11.1 Å². The maximum absolute atomic E-state index is 14.8. The van der Waals surface area contributed by atoms with Crippen molar-refractivity contribution >= 4 is 52.7 Å². The zero-order valence-electron chi connectivity index (χ0n) is 39.2. The number of hydrogen-bond donors (Lipinski definition) is 7. The van der Waals surface area contributed by atoms with Gasteiger partial charge >= 0.3 is 5.97 Å². The van der Waals surface area contributed by atoms with Gasteiger partial charge in [0.1, 0.15) is 18.1 Å². The summed E-state index contributed by atoms with van der Waals surface area (Å²) in [6.07, 6.45) is -0.276. The van der Waals surface area contributed by atoms with E-state index in [-0.39, 0.29) is 44.9 Å². The molecule has 14 nitrogen and oxygen atoms in total. The minimum absolute atomic E-state index is 0.00382. The van der Waals surface area contributed by atoms with Crippen LogP contribution in [0, 0.1) is 5.92 Å². The summed E-state index contributed by atoms with van der Waals surface area (Å²) in [6, 6.07) is 44.1. The molecule has 2 aliphatic heterocycles. The summed E-state index contributed by atoms with van der Waals surface area (Å²) in [5.41, 5.74) is 12.3. The second-order valence-electron chi connectivity index (χ2n) is 17.9. The molecule has 14 heteroatoms. The van der Waals surface area contributed by atoms with Gasteiger partial charge in [-0.15, -0.1) is 0 Å². The van der Waals surface area contributed by atoms with Crippen molar-refractivity contribution < 1.29 is 38.7 Å². The maximum Gasteiger partial charge on any atom is 0.326 e. The molecule has 2 bridgehead atoms. The van der Waals surface area contributed by atoms with Crippen LogP contribution in [0.2, 0.25) is 0 Å². The molecule has 2 aliphatic rings. The monoisotopic (exact) mass is 954 g/mol. The Morgan fingerprint density at radius 3 is 1.75 bits per heavy atom. The molecule has 8 N–H and O–H groups in total. The van der Waals surface area contributed by atoms with Crippen LogP contribution in [0.3, 0.4) is 0 Å². The quantitative estimate of drug-likeness (QED) is 0.0519. The first-order chi connectivity index (χ1) is 34.3. The number of carboxylic acids is 1. The van der Waals surface area contributed by atoms with Crippen LogP contribution in [-0.4, -0.2) is 70.6 Å². The van der Waals surface area contributed by atoms with E-state index in [0.717, 1.165) is 16.7 Å². The lowest BCUT2D eigenvalue weighted by Gasteiger charge is -2.27. The van der Waals surface area contributed by atoms with Gasteiger partial charge in [-0.1, -0.05) is 140 Å². The van der Waals surface area contributed by atoms with Gasteiger partial charge in [-0.3, -0.25) is 28.8 Å². The van der Waals surface area contributed by atoms with Gasteiger partial charge in [0.2, 0.25) is 29.5 Å². The van der Waals surface area contributed by atoms with Crippen molar-refractivity contribution in [1.82, 2.24) is 21.3 Å². The van der Waals surface area contributed by atoms with Crippen molar-refractivity contribution in [3.8, 4) is 11.1 Å². The molecule has 8 rings (SSSR count). The average molecular weight is 955 g/mol. The molecule has 0 spiro atoms. The summed E-state index contributed by atoms with van der Waals surface area (Å²) in [5.74, 6) is -5.89. The number of aliphatic carboxylic acids is 1. The van der Waals surface area contributed by atoms with Crippen LogP contribution >= 0.6 is 0 Å². The molecule has 0 saturated carbocycles. The molecule has 2 heterocycles. The molecule has 364 valence electrons. The number of aryl methyl sites for hydroxylation is 1. The SMILES string of the molecule is Nc1ccc(C[C@H](NC(=O)[C@H]2CC(=O)[C@@H](Cc3ccccc3)NC(=O)[C@H](Cc3ccc(-c4ccccc4)cc3)NC(=O)[C@@H](CCc3ccccc3)NC(=O)CCC(=O)Nc3ccc(cc3)C2)C(=O)O)cc1. The molecule has 71 heavy (non-hydrogen) atoms. The summed E-state index contributed by atoms with van der Waals surface area (Å²) in [5, 5.41) is 24.4. The average Bonchev–Trinajstić information content (AvgIpc) is 3.38. The number of carbonyl (C=O) groups is 7. The number of nitrogen functional groups attached to an aromatic ring is 1. The minimum atomic E-state index is -1.35. The summed E-state index contributed by atoms with van der Waals surface area (Å²) in [6.45, 7) is 0. The number of hydrogen-bond acceptors (Lipinski definition) is 8. The maximum atomic E-state index is 14.8. The highest BCUT2D eigenvalue weighted by Gasteiger charge is 2.34. The molecule has 0 aromatic heterocycles. The van der Waals surface area contributed by atoms with Crippen LogP contribution in [0.5, 0.6) is 0 Å². The first kappa shape index (κ1) is 50.5. The van der Waals surface area contributed by atoms with Crippen LogP contribution in [0.4, 0.5) is 11.4 Å². The topological polar surface area (TPSA) is 226 Å². The number of anilines is 2. The molecule has 0 fully saturated rings. The Morgan fingerprint density at radius 2 is 1.10 bits per heavy atom. The van der Waals surface area contributed by atoms with Gasteiger partial charge in [0.25, 0.3) is 0 Å². The number of Topliss-reactive ketones (excluding diaryl/α,β-unsaturated/α-hetero) is 1. The number of benzene rings is 6. The Balaban J connectivity index is 1.23. The second-order valence-corrected chi connectivity index (χ2v) is 17.9. The van der Waals surface area contributed by atoms with E-state index in [0.29, 0.717) is 40.0 Å². The van der Waals surface area contributed by atoms with Crippen molar-refractivity contribution in [3.63, 3.8) is 0 Å². The second kappa shape index (κ2) is 24.8. The van der Waals surface area contributed by atoms with Crippen LogP contribution in [-0.2, 0) is 65.7 Å². The Morgan fingerprint density at radius 1 is 0.563 bits per heavy atom. The number of rotatable bonds is 13. The van der Waals surface area contributed by atoms with Crippen molar-refractivity contribution in [2.45, 2.75) is 82.0 Å². The van der Waals surface area contributed by atoms with Crippen molar-refractivity contribution in [3.05, 3.63) is 192 Å². The number of nitrogens with two attached hydrogens (primary N) is 1. The zero-order valence-corrected chi connectivity index (χ0v) is 39.2.